The number of fused-ring (bicyclic) bond motifs is 1. The van der Waals surface area contributed by atoms with Crippen molar-refractivity contribution in [1.29, 1.82) is 0 Å². The first kappa shape index (κ1) is 28.0. The fraction of sp³-hybridized carbons (Fsp3) is 0.519. The lowest BCUT2D eigenvalue weighted by Gasteiger charge is -2.38. The number of halogens is 1. The van der Waals surface area contributed by atoms with Crippen LogP contribution in [0.4, 0.5) is 17.3 Å². The Labute approximate surface area is 243 Å². The van der Waals surface area contributed by atoms with E-state index in [0.717, 1.165) is 30.7 Å². The third kappa shape index (κ3) is 5.81. The molecule has 1 unspecified atom stereocenters. The fourth-order valence-corrected chi connectivity index (χ4v) is 6.62. The van der Waals surface area contributed by atoms with Gasteiger partial charge in [-0.2, -0.15) is 9.61 Å². The van der Waals surface area contributed by atoms with Crippen LogP contribution in [-0.4, -0.2) is 95.2 Å². The van der Waals surface area contributed by atoms with Crippen LogP contribution in [0.3, 0.4) is 0 Å². The molecule has 3 N–H and O–H groups in total. The molecule has 3 saturated heterocycles. The Hall–Kier alpha value is -3.13. The molecule has 3 aromatic rings. The van der Waals surface area contributed by atoms with E-state index in [1.807, 2.05) is 17.0 Å². The van der Waals surface area contributed by atoms with Crippen LogP contribution in [0.1, 0.15) is 54.2 Å². The van der Waals surface area contributed by atoms with Gasteiger partial charge in [-0.25, -0.2) is 13.4 Å². The van der Waals surface area contributed by atoms with Gasteiger partial charge in [-0.3, -0.25) is 9.52 Å². The number of nitrogens with zero attached hydrogens (tertiary/aromatic N) is 6. The number of aliphatic hydroxyl groups is 2. The molecule has 0 radical (unpaired) electrons. The number of anilines is 3. The molecule has 220 valence electrons. The smallest absolute Gasteiger partial charge is 0.256 e. The van der Waals surface area contributed by atoms with Crippen LogP contribution >= 0.6 is 11.6 Å². The second kappa shape index (κ2) is 10.9. The number of aliphatic hydroxyl groups excluding tert-OH is 2. The monoisotopic (exact) mass is 603 g/mol. The van der Waals surface area contributed by atoms with Crippen molar-refractivity contribution in [2.24, 2.45) is 0 Å². The summed E-state index contributed by atoms with van der Waals surface area (Å²) in [5.41, 5.74) is 1.70. The quantitative estimate of drug-likeness (QED) is 0.386. The normalized spacial score (nSPS) is 20.9. The summed E-state index contributed by atoms with van der Waals surface area (Å²) in [5, 5.41) is 25.3. The maximum Gasteiger partial charge on any atom is 0.256 e. The zero-order valence-corrected chi connectivity index (χ0v) is 24.4. The molecule has 1 atom stereocenters. The third-order valence-corrected chi connectivity index (χ3v) is 8.83. The first-order valence-corrected chi connectivity index (χ1v) is 16.2. The zero-order chi connectivity index (χ0) is 28.9. The van der Waals surface area contributed by atoms with Gasteiger partial charge in [-0.15, -0.1) is 0 Å². The molecule has 0 spiro atoms. The molecular weight excluding hydrogens is 570 g/mol. The number of carbonyl (C=O) groups excluding carboxylic acids is 1. The second-order valence-corrected chi connectivity index (χ2v) is 13.3. The van der Waals surface area contributed by atoms with E-state index in [1.54, 1.807) is 15.5 Å². The molecule has 6 rings (SSSR count). The summed E-state index contributed by atoms with van der Waals surface area (Å²) in [6.07, 6.45) is 4.07. The number of hydrogen-bond acceptors (Lipinski definition) is 9. The second-order valence-electron chi connectivity index (χ2n) is 11.2. The Morgan fingerprint density at radius 1 is 1.00 bits per heavy atom. The molecule has 3 aliphatic rings. The molecule has 3 fully saturated rings. The van der Waals surface area contributed by atoms with Crippen molar-refractivity contribution in [3.8, 4) is 0 Å². The SMILES string of the molecule is CS(=O)(=O)Nc1ccc(Cl)cc1C(=O)N1CCCCC1c1cc2nc(N3CC(O)C3)cc(N3CCC(O)CC3)n2n1. The van der Waals surface area contributed by atoms with E-state index < -0.39 is 10.0 Å². The van der Waals surface area contributed by atoms with Gasteiger partial charge in [0.1, 0.15) is 11.6 Å². The van der Waals surface area contributed by atoms with Crippen molar-refractivity contribution in [2.75, 3.05) is 53.5 Å². The molecule has 5 heterocycles. The molecule has 0 aliphatic carbocycles. The summed E-state index contributed by atoms with van der Waals surface area (Å²) in [6.45, 7) is 2.86. The highest BCUT2D eigenvalue weighted by Crippen LogP contribution is 2.36. The number of β-amino-alcohol motifs (C(OH)–C–C–N with tert-alkyl or cyclic N) is 1. The first-order valence-electron chi connectivity index (χ1n) is 13.9. The van der Waals surface area contributed by atoms with E-state index in [1.165, 1.54) is 12.1 Å². The van der Waals surface area contributed by atoms with Crippen molar-refractivity contribution < 1.29 is 23.4 Å². The van der Waals surface area contributed by atoms with Crippen molar-refractivity contribution >= 4 is 50.5 Å². The summed E-state index contributed by atoms with van der Waals surface area (Å²) in [5.74, 6) is 1.28. The minimum Gasteiger partial charge on any atom is -0.393 e. The van der Waals surface area contributed by atoms with Crippen molar-refractivity contribution in [3.05, 3.63) is 46.6 Å². The van der Waals surface area contributed by atoms with Crippen molar-refractivity contribution in [3.63, 3.8) is 0 Å². The molecule has 0 saturated carbocycles. The van der Waals surface area contributed by atoms with Gasteiger partial charge in [0.15, 0.2) is 5.65 Å². The summed E-state index contributed by atoms with van der Waals surface area (Å²) >= 11 is 6.23. The van der Waals surface area contributed by atoms with Gasteiger partial charge < -0.3 is 24.9 Å². The van der Waals surface area contributed by atoms with E-state index in [0.29, 0.717) is 68.3 Å². The predicted molar refractivity (Wildman–Crippen MR) is 156 cm³/mol. The van der Waals surface area contributed by atoms with Gasteiger partial charge in [-0.1, -0.05) is 11.6 Å². The summed E-state index contributed by atoms with van der Waals surface area (Å²) in [7, 11) is -3.62. The van der Waals surface area contributed by atoms with Crippen LogP contribution in [-0.2, 0) is 10.0 Å². The number of nitrogens with one attached hydrogen (secondary N) is 1. The molecule has 3 aliphatic heterocycles. The first-order chi connectivity index (χ1) is 19.6. The fourth-order valence-electron chi connectivity index (χ4n) is 5.87. The highest BCUT2D eigenvalue weighted by molar-refractivity contribution is 7.92. The Kier molecular flexibility index (Phi) is 7.47. The highest BCUT2D eigenvalue weighted by Gasteiger charge is 2.34. The number of benzene rings is 1. The van der Waals surface area contributed by atoms with Crippen molar-refractivity contribution in [1.82, 2.24) is 19.5 Å². The van der Waals surface area contributed by atoms with Gasteiger partial charge in [-0.05, 0) is 50.3 Å². The third-order valence-electron chi connectivity index (χ3n) is 8.00. The predicted octanol–water partition coefficient (Wildman–Crippen LogP) is 2.26. The molecule has 41 heavy (non-hydrogen) atoms. The van der Waals surface area contributed by atoms with Gasteiger partial charge in [0.25, 0.3) is 5.91 Å². The van der Waals surface area contributed by atoms with Gasteiger partial charge in [0.2, 0.25) is 10.0 Å². The lowest BCUT2D eigenvalue weighted by Crippen LogP contribution is -2.51. The molecule has 2 aromatic heterocycles. The molecule has 0 bridgehead atoms. The molecule has 1 amide bonds. The number of sulfonamides is 1. The zero-order valence-electron chi connectivity index (χ0n) is 22.8. The van der Waals surface area contributed by atoms with E-state index in [9.17, 15) is 23.4 Å². The number of carbonyl (C=O) groups is 1. The van der Waals surface area contributed by atoms with E-state index in [-0.39, 0.29) is 35.4 Å². The van der Waals surface area contributed by atoms with Gasteiger partial charge >= 0.3 is 0 Å². The molecule has 1 aromatic carbocycles. The van der Waals surface area contributed by atoms with E-state index >= 15 is 0 Å². The number of amides is 1. The van der Waals surface area contributed by atoms with Crippen LogP contribution < -0.4 is 14.5 Å². The van der Waals surface area contributed by atoms with Gasteiger partial charge in [0.05, 0.1) is 41.5 Å². The van der Waals surface area contributed by atoms with E-state index in [4.69, 9.17) is 21.7 Å². The summed E-state index contributed by atoms with van der Waals surface area (Å²) < 4.78 is 28.2. The summed E-state index contributed by atoms with van der Waals surface area (Å²) in [4.78, 5) is 24.8. The van der Waals surface area contributed by atoms with Crippen LogP contribution in [0, 0.1) is 0 Å². The summed E-state index contributed by atoms with van der Waals surface area (Å²) in [6, 6.07) is 8.08. The lowest BCUT2D eigenvalue weighted by atomic mass is 9.98. The highest BCUT2D eigenvalue weighted by atomic mass is 35.5. The van der Waals surface area contributed by atoms with Crippen LogP contribution in [0.25, 0.3) is 5.65 Å². The minimum absolute atomic E-state index is 0.179. The Morgan fingerprint density at radius 3 is 2.46 bits per heavy atom. The van der Waals surface area contributed by atoms with Crippen LogP contribution in [0.2, 0.25) is 5.02 Å². The Morgan fingerprint density at radius 2 is 1.76 bits per heavy atom. The minimum atomic E-state index is -3.62. The molecule has 12 nitrogen and oxygen atoms in total. The molecule has 14 heteroatoms. The van der Waals surface area contributed by atoms with Crippen LogP contribution in [0.5, 0.6) is 0 Å². The Balaban J connectivity index is 1.38. The van der Waals surface area contributed by atoms with Crippen molar-refractivity contribution in [2.45, 2.75) is 50.4 Å². The maximum atomic E-state index is 13.9. The number of rotatable bonds is 6. The lowest BCUT2D eigenvalue weighted by molar-refractivity contribution is 0.0607. The maximum absolute atomic E-state index is 13.9. The van der Waals surface area contributed by atoms with Gasteiger partial charge in [0, 0.05) is 49.9 Å². The number of hydrogen-bond donors (Lipinski definition) is 3. The van der Waals surface area contributed by atoms with E-state index in [2.05, 4.69) is 9.62 Å². The Bertz CT molecular complexity index is 1570. The average Bonchev–Trinajstić information content (AvgIpc) is 3.35. The number of aromatic nitrogens is 3. The number of likely N-dealkylation sites (tertiary alicyclic amines) is 1. The largest absolute Gasteiger partial charge is 0.393 e. The van der Waals surface area contributed by atoms with Crippen LogP contribution in [0.15, 0.2) is 30.3 Å². The standard InChI is InChI=1S/C27H34ClN7O5S/c1-41(39,40)31-21-6-5-17(28)12-20(21)27(38)34-9-3-2-4-23(34)22-13-25-29-24(33-15-19(37)16-33)14-26(35(25)30-22)32-10-7-18(36)8-11-32/h5-6,12-14,18-19,23,31,36-37H,2-4,7-11,15-16H2,1H3. The molecular formula is C27H34ClN7O5S. The number of piperidine rings is 2. The average molecular weight is 604 g/mol. The topological polar surface area (TPSA) is 144 Å².